The fourth-order valence-corrected chi connectivity index (χ4v) is 2.22. The van der Waals surface area contributed by atoms with Crippen LogP contribution in [-0.4, -0.2) is 54.4 Å². The first-order valence-electron chi connectivity index (χ1n) is 6.80. The maximum atomic E-state index is 11.9. The molecule has 0 fully saturated rings. The number of rotatable bonds is 8. The van der Waals surface area contributed by atoms with Crippen LogP contribution in [0.2, 0.25) is 5.02 Å². The highest BCUT2D eigenvalue weighted by molar-refractivity contribution is 6.30. The van der Waals surface area contributed by atoms with Gasteiger partial charge in [-0.2, -0.15) is 0 Å². The molecule has 118 valence electrons. The zero-order valence-electron chi connectivity index (χ0n) is 12.5. The summed E-state index contributed by atoms with van der Waals surface area (Å²) in [6.45, 7) is 2.58. The maximum Gasteiger partial charge on any atom is 0.234 e. The molecule has 6 heteroatoms. The van der Waals surface area contributed by atoms with Crippen molar-refractivity contribution in [3.63, 3.8) is 0 Å². The van der Waals surface area contributed by atoms with Crippen molar-refractivity contribution in [2.75, 3.05) is 33.4 Å². The molecule has 5 nitrogen and oxygen atoms in total. The second-order valence-electron chi connectivity index (χ2n) is 5.71. The summed E-state index contributed by atoms with van der Waals surface area (Å²) in [6, 6.07) is 7.32. The van der Waals surface area contributed by atoms with Gasteiger partial charge in [0.25, 0.3) is 0 Å². The number of aliphatic hydroxyl groups is 2. The van der Waals surface area contributed by atoms with Crippen molar-refractivity contribution in [1.82, 2.24) is 10.2 Å². The van der Waals surface area contributed by atoms with Gasteiger partial charge in [-0.15, -0.1) is 0 Å². The molecule has 0 aromatic heterocycles. The number of nitrogens with zero attached hydrogens (tertiary/aromatic N) is 1. The van der Waals surface area contributed by atoms with E-state index in [1.54, 1.807) is 31.0 Å². The summed E-state index contributed by atoms with van der Waals surface area (Å²) >= 11 is 5.88. The SMILES string of the molecule is CN(CC(=O)NCc1cccc(Cl)c1)CC(C)(CO)CO. The lowest BCUT2D eigenvalue weighted by Crippen LogP contribution is -2.43. The number of benzene rings is 1. The topological polar surface area (TPSA) is 72.8 Å². The first-order valence-corrected chi connectivity index (χ1v) is 7.18. The molecule has 0 saturated heterocycles. The van der Waals surface area contributed by atoms with E-state index in [0.29, 0.717) is 18.1 Å². The van der Waals surface area contributed by atoms with Gasteiger partial charge in [-0.25, -0.2) is 0 Å². The predicted molar refractivity (Wildman–Crippen MR) is 83.1 cm³/mol. The van der Waals surface area contributed by atoms with E-state index in [2.05, 4.69) is 5.32 Å². The molecule has 1 aromatic rings. The Balaban J connectivity index is 2.39. The number of carbonyl (C=O) groups is 1. The van der Waals surface area contributed by atoms with Crippen LogP contribution in [0, 0.1) is 5.41 Å². The van der Waals surface area contributed by atoms with Gasteiger partial charge in [0.2, 0.25) is 5.91 Å². The van der Waals surface area contributed by atoms with Gasteiger partial charge in [0.1, 0.15) is 0 Å². The molecular formula is C15H23ClN2O3. The number of amides is 1. The number of likely N-dealkylation sites (N-methyl/N-ethyl adjacent to an activating group) is 1. The largest absolute Gasteiger partial charge is 0.396 e. The molecule has 1 rings (SSSR count). The van der Waals surface area contributed by atoms with E-state index in [1.165, 1.54) is 0 Å². The Bertz CT molecular complexity index is 464. The Labute approximate surface area is 130 Å². The third-order valence-corrected chi connectivity index (χ3v) is 3.44. The molecule has 0 spiro atoms. The summed E-state index contributed by atoms with van der Waals surface area (Å²) in [7, 11) is 1.78. The van der Waals surface area contributed by atoms with Gasteiger partial charge in [0.05, 0.1) is 19.8 Å². The summed E-state index contributed by atoms with van der Waals surface area (Å²) in [5.41, 5.74) is 0.330. The van der Waals surface area contributed by atoms with Crippen LogP contribution in [0.4, 0.5) is 0 Å². The third-order valence-electron chi connectivity index (χ3n) is 3.21. The molecular weight excluding hydrogens is 292 g/mol. The van der Waals surface area contributed by atoms with Crippen molar-refractivity contribution < 1.29 is 15.0 Å². The highest BCUT2D eigenvalue weighted by atomic mass is 35.5. The Morgan fingerprint density at radius 3 is 2.62 bits per heavy atom. The quantitative estimate of drug-likeness (QED) is 0.666. The molecule has 0 aliphatic heterocycles. The fourth-order valence-electron chi connectivity index (χ4n) is 2.01. The molecule has 0 radical (unpaired) electrons. The van der Waals surface area contributed by atoms with E-state index < -0.39 is 5.41 Å². The summed E-state index contributed by atoms with van der Waals surface area (Å²) in [5, 5.41) is 21.9. The molecule has 1 aromatic carbocycles. The molecule has 3 N–H and O–H groups in total. The fraction of sp³-hybridized carbons (Fsp3) is 0.533. The minimum atomic E-state index is -0.609. The average molecular weight is 315 g/mol. The molecule has 0 bridgehead atoms. The highest BCUT2D eigenvalue weighted by Crippen LogP contribution is 2.15. The van der Waals surface area contributed by atoms with Gasteiger partial charge >= 0.3 is 0 Å². The van der Waals surface area contributed by atoms with Crippen molar-refractivity contribution in [3.8, 4) is 0 Å². The summed E-state index contributed by atoms with van der Waals surface area (Å²) in [6.07, 6.45) is 0. The number of aliphatic hydroxyl groups excluding tert-OH is 2. The van der Waals surface area contributed by atoms with Crippen molar-refractivity contribution in [2.24, 2.45) is 5.41 Å². The Morgan fingerprint density at radius 2 is 2.05 bits per heavy atom. The minimum Gasteiger partial charge on any atom is -0.396 e. The zero-order valence-corrected chi connectivity index (χ0v) is 13.2. The van der Waals surface area contributed by atoms with Crippen molar-refractivity contribution in [3.05, 3.63) is 34.9 Å². The summed E-state index contributed by atoms with van der Waals surface area (Å²) in [4.78, 5) is 13.6. The van der Waals surface area contributed by atoms with Gasteiger partial charge in [-0.3, -0.25) is 9.69 Å². The normalized spacial score (nSPS) is 11.7. The monoisotopic (exact) mass is 314 g/mol. The summed E-state index contributed by atoms with van der Waals surface area (Å²) in [5.74, 6) is -0.115. The third kappa shape index (κ3) is 6.44. The standard InChI is InChI=1S/C15H23ClN2O3/c1-15(10-19,11-20)9-18(2)8-14(21)17-7-12-4-3-5-13(16)6-12/h3-6,19-20H,7-11H2,1-2H3,(H,17,21). The number of carbonyl (C=O) groups excluding carboxylic acids is 1. The van der Waals surface area contributed by atoms with Gasteiger partial charge in [-0.05, 0) is 24.7 Å². The van der Waals surface area contributed by atoms with Crippen molar-refractivity contribution in [1.29, 1.82) is 0 Å². The van der Waals surface area contributed by atoms with Crippen LogP contribution in [0.3, 0.4) is 0 Å². The maximum absolute atomic E-state index is 11.9. The number of hydrogen-bond donors (Lipinski definition) is 3. The van der Waals surface area contributed by atoms with E-state index >= 15 is 0 Å². The van der Waals surface area contributed by atoms with Gasteiger partial charge in [0, 0.05) is 23.5 Å². The zero-order chi connectivity index (χ0) is 15.9. The lowest BCUT2D eigenvalue weighted by molar-refractivity contribution is -0.122. The lowest BCUT2D eigenvalue weighted by atomic mass is 9.92. The minimum absolute atomic E-state index is 0.115. The molecule has 0 saturated carbocycles. The van der Waals surface area contributed by atoms with E-state index in [1.807, 2.05) is 12.1 Å². The van der Waals surface area contributed by atoms with Crippen LogP contribution < -0.4 is 5.32 Å². The first-order chi connectivity index (χ1) is 9.88. The van der Waals surface area contributed by atoms with E-state index in [0.717, 1.165) is 5.56 Å². The van der Waals surface area contributed by atoms with E-state index in [-0.39, 0.29) is 25.7 Å². The highest BCUT2D eigenvalue weighted by Gasteiger charge is 2.24. The van der Waals surface area contributed by atoms with Crippen LogP contribution in [0.5, 0.6) is 0 Å². The van der Waals surface area contributed by atoms with Crippen LogP contribution in [0.15, 0.2) is 24.3 Å². The van der Waals surface area contributed by atoms with Gasteiger partial charge in [0.15, 0.2) is 0 Å². The first kappa shape index (κ1) is 17.9. The predicted octanol–water partition coefficient (Wildman–Crippen LogP) is 0.879. The molecule has 1 amide bonds. The Hall–Kier alpha value is -1.14. The smallest absolute Gasteiger partial charge is 0.234 e. The van der Waals surface area contributed by atoms with Gasteiger partial charge in [-0.1, -0.05) is 30.7 Å². The molecule has 0 atom stereocenters. The van der Waals surface area contributed by atoms with E-state index in [4.69, 9.17) is 11.6 Å². The van der Waals surface area contributed by atoms with Crippen LogP contribution in [0.1, 0.15) is 12.5 Å². The van der Waals surface area contributed by atoms with E-state index in [9.17, 15) is 15.0 Å². The Morgan fingerprint density at radius 1 is 1.38 bits per heavy atom. The van der Waals surface area contributed by atoms with Crippen LogP contribution in [-0.2, 0) is 11.3 Å². The molecule has 0 aliphatic rings. The van der Waals surface area contributed by atoms with Gasteiger partial charge < -0.3 is 15.5 Å². The molecule has 0 unspecified atom stereocenters. The number of nitrogens with one attached hydrogen (secondary N) is 1. The summed E-state index contributed by atoms with van der Waals surface area (Å²) < 4.78 is 0. The lowest BCUT2D eigenvalue weighted by Gasteiger charge is -2.29. The second kappa shape index (κ2) is 8.34. The molecule has 21 heavy (non-hydrogen) atoms. The number of halogens is 1. The Kier molecular flexibility index (Phi) is 7.11. The van der Waals surface area contributed by atoms with Crippen molar-refractivity contribution in [2.45, 2.75) is 13.5 Å². The molecule has 0 heterocycles. The average Bonchev–Trinajstić information content (AvgIpc) is 2.45. The second-order valence-corrected chi connectivity index (χ2v) is 6.14. The molecule has 0 aliphatic carbocycles. The number of hydrogen-bond acceptors (Lipinski definition) is 4. The van der Waals surface area contributed by atoms with Crippen LogP contribution >= 0.6 is 11.6 Å². The van der Waals surface area contributed by atoms with Crippen LogP contribution in [0.25, 0.3) is 0 Å². The van der Waals surface area contributed by atoms with Crippen molar-refractivity contribution >= 4 is 17.5 Å².